The van der Waals surface area contributed by atoms with E-state index in [9.17, 15) is 0 Å². The fourth-order valence-electron chi connectivity index (χ4n) is 2.45. The molecule has 2 aromatic rings. The van der Waals surface area contributed by atoms with Crippen LogP contribution in [0, 0.1) is 0 Å². The van der Waals surface area contributed by atoms with Gasteiger partial charge in [-0.2, -0.15) is 0 Å². The number of rotatable bonds is 4. The van der Waals surface area contributed by atoms with E-state index in [1.54, 1.807) is 7.11 Å². The second-order valence-electron chi connectivity index (χ2n) is 4.85. The number of hydrogen-bond acceptors (Lipinski definition) is 3. The highest BCUT2D eigenvalue weighted by atomic mass is 79.9. The van der Waals surface area contributed by atoms with Crippen molar-refractivity contribution in [3.63, 3.8) is 0 Å². The standard InChI is InChI=1S/C16H15BrClNO2/c1-20-15-3-2-13(8-14(15)17)19-9-11-7-12(18)6-10-4-5-21-16(10)11/h2-3,6-8,19H,4-5,9H2,1H3. The summed E-state index contributed by atoms with van der Waals surface area (Å²) in [6.07, 6.45) is 0.928. The van der Waals surface area contributed by atoms with Gasteiger partial charge in [-0.3, -0.25) is 0 Å². The van der Waals surface area contributed by atoms with E-state index < -0.39 is 0 Å². The molecule has 0 spiro atoms. The lowest BCUT2D eigenvalue weighted by molar-refractivity contribution is 0.354. The lowest BCUT2D eigenvalue weighted by atomic mass is 10.1. The molecule has 0 amide bonds. The maximum absolute atomic E-state index is 6.17. The molecule has 0 saturated carbocycles. The molecule has 0 radical (unpaired) electrons. The molecule has 5 heteroatoms. The topological polar surface area (TPSA) is 30.5 Å². The third-order valence-corrected chi connectivity index (χ3v) is 4.30. The van der Waals surface area contributed by atoms with Gasteiger partial charge in [-0.25, -0.2) is 0 Å². The smallest absolute Gasteiger partial charge is 0.133 e. The van der Waals surface area contributed by atoms with Crippen molar-refractivity contribution in [2.45, 2.75) is 13.0 Å². The molecule has 1 aliphatic heterocycles. The minimum Gasteiger partial charge on any atom is -0.496 e. The number of hydrogen-bond donors (Lipinski definition) is 1. The fourth-order valence-corrected chi connectivity index (χ4v) is 3.26. The van der Waals surface area contributed by atoms with Gasteiger partial charge in [0.05, 0.1) is 18.2 Å². The van der Waals surface area contributed by atoms with E-state index in [-0.39, 0.29) is 0 Å². The Hall–Kier alpha value is -1.39. The predicted molar refractivity (Wildman–Crippen MR) is 88.7 cm³/mol. The maximum atomic E-state index is 6.17. The summed E-state index contributed by atoms with van der Waals surface area (Å²) in [4.78, 5) is 0. The molecule has 0 fully saturated rings. The van der Waals surface area contributed by atoms with Gasteiger partial charge in [-0.15, -0.1) is 0 Å². The van der Waals surface area contributed by atoms with Gasteiger partial charge in [-0.05, 0) is 51.8 Å². The van der Waals surface area contributed by atoms with Crippen molar-refractivity contribution in [2.75, 3.05) is 19.0 Å². The zero-order valence-electron chi connectivity index (χ0n) is 11.6. The zero-order chi connectivity index (χ0) is 14.8. The van der Waals surface area contributed by atoms with Gasteiger partial charge in [0.15, 0.2) is 0 Å². The number of halogens is 2. The van der Waals surface area contributed by atoms with Crippen LogP contribution < -0.4 is 14.8 Å². The number of anilines is 1. The van der Waals surface area contributed by atoms with Crippen LogP contribution in [-0.4, -0.2) is 13.7 Å². The highest BCUT2D eigenvalue weighted by molar-refractivity contribution is 9.10. The van der Waals surface area contributed by atoms with Gasteiger partial charge >= 0.3 is 0 Å². The Labute approximate surface area is 137 Å². The second-order valence-corrected chi connectivity index (χ2v) is 6.15. The minimum atomic E-state index is 0.668. The van der Waals surface area contributed by atoms with Crippen molar-refractivity contribution >= 4 is 33.2 Å². The highest BCUT2D eigenvalue weighted by Gasteiger charge is 2.17. The van der Waals surface area contributed by atoms with Gasteiger partial charge in [-0.1, -0.05) is 11.6 Å². The van der Waals surface area contributed by atoms with Crippen molar-refractivity contribution in [3.8, 4) is 11.5 Å². The summed E-state index contributed by atoms with van der Waals surface area (Å²) < 4.78 is 11.9. The van der Waals surface area contributed by atoms with Gasteiger partial charge in [0.1, 0.15) is 11.5 Å². The van der Waals surface area contributed by atoms with E-state index in [1.807, 2.05) is 30.3 Å². The van der Waals surface area contributed by atoms with Crippen molar-refractivity contribution in [3.05, 3.63) is 51.0 Å². The van der Waals surface area contributed by atoms with E-state index in [0.717, 1.165) is 45.3 Å². The van der Waals surface area contributed by atoms with Crippen LogP contribution >= 0.6 is 27.5 Å². The van der Waals surface area contributed by atoms with Crippen LogP contribution in [0.25, 0.3) is 0 Å². The second kappa shape index (κ2) is 6.16. The monoisotopic (exact) mass is 367 g/mol. The third kappa shape index (κ3) is 3.11. The first kappa shape index (κ1) is 14.5. The van der Waals surface area contributed by atoms with Crippen LogP contribution in [0.5, 0.6) is 11.5 Å². The molecule has 110 valence electrons. The van der Waals surface area contributed by atoms with Crippen LogP contribution in [-0.2, 0) is 13.0 Å². The molecule has 0 atom stereocenters. The number of fused-ring (bicyclic) bond motifs is 1. The van der Waals surface area contributed by atoms with Gasteiger partial charge < -0.3 is 14.8 Å². The van der Waals surface area contributed by atoms with Crippen LogP contribution in [0.3, 0.4) is 0 Å². The van der Waals surface area contributed by atoms with E-state index in [2.05, 4.69) is 21.2 Å². The molecule has 0 bridgehead atoms. The third-order valence-electron chi connectivity index (χ3n) is 3.46. The summed E-state index contributed by atoms with van der Waals surface area (Å²) in [6, 6.07) is 9.83. The largest absolute Gasteiger partial charge is 0.496 e. The Morgan fingerprint density at radius 1 is 1.33 bits per heavy atom. The average Bonchev–Trinajstić information content (AvgIpc) is 2.93. The first-order valence-electron chi connectivity index (χ1n) is 6.69. The summed E-state index contributed by atoms with van der Waals surface area (Å²) in [5.74, 6) is 1.78. The van der Waals surface area contributed by atoms with Crippen molar-refractivity contribution in [1.29, 1.82) is 0 Å². The Kier molecular flexibility index (Phi) is 4.27. The van der Waals surface area contributed by atoms with Crippen molar-refractivity contribution < 1.29 is 9.47 Å². The molecule has 21 heavy (non-hydrogen) atoms. The Bertz CT molecular complexity index is 676. The zero-order valence-corrected chi connectivity index (χ0v) is 13.9. The molecule has 1 N–H and O–H groups in total. The number of methoxy groups -OCH3 is 1. The lowest BCUT2D eigenvalue weighted by Crippen LogP contribution is -2.02. The van der Waals surface area contributed by atoms with E-state index in [4.69, 9.17) is 21.1 Å². The lowest BCUT2D eigenvalue weighted by Gasteiger charge is -2.12. The maximum Gasteiger partial charge on any atom is 0.133 e. The molecule has 0 saturated heterocycles. The summed E-state index contributed by atoms with van der Waals surface area (Å²) >= 11 is 9.65. The van der Waals surface area contributed by atoms with Crippen LogP contribution in [0.1, 0.15) is 11.1 Å². The minimum absolute atomic E-state index is 0.668. The van der Waals surface area contributed by atoms with Crippen LogP contribution in [0.4, 0.5) is 5.69 Å². The molecule has 2 aromatic carbocycles. The van der Waals surface area contributed by atoms with Crippen molar-refractivity contribution in [1.82, 2.24) is 0 Å². The van der Waals surface area contributed by atoms with E-state index >= 15 is 0 Å². The molecule has 0 aromatic heterocycles. The molecule has 0 unspecified atom stereocenters. The van der Waals surface area contributed by atoms with Crippen LogP contribution in [0.15, 0.2) is 34.8 Å². The molecule has 0 aliphatic carbocycles. The number of nitrogens with one attached hydrogen (secondary N) is 1. The highest BCUT2D eigenvalue weighted by Crippen LogP contribution is 2.34. The molecule has 3 rings (SSSR count). The molecule has 1 aliphatic rings. The quantitative estimate of drug-likeness (QED) is 0.851. The van der Waals surface area contributed by atoms with Crippen molar-refractivity contribution in [2.24, 2.45) is 0 Å². The first-order chi connectivity index (χ1) is 10.2. The molecular formula is C16H15BrClNO2. The SMILES string of the molecule is COc1ccc(NCc2cc(Cl)cc3c2OCC3)cc1Br. The summed E-state index contributed by atoms with van der Waals surface area (Å²) in [6.45, 7) is 1.40. The van der Waals surface area contributed by atoms with E-state index in [1.165, 1.54) is 5.56 Å². The Balaban J connectivity index is 1.78. The normalized spacial score (nSPS) is 12.7. The Morgan fingerprint density at radius 2 is 2.19 bits per heavy atom. The van der Waals surface area contributed by atoms with E-state index in [0.29, 0.717) is 6.54 Å². The van der Waals surface area contributed by atoms with Crippen LogP contribution in [0.2, 0.25) is 5.02 Å². The van der Waals surface area contributed by atoms with Gasteiger partial charge in [0, 0.05) is 29.2 Å². The van der Waals surface area contributed by atoms with Gasteiger partial charge in [0.25, 0.3) is 0 Å². The summed E-state index contributed by atoms with van der Waals surface area (Å²) in [7, 11) is 1.65. The predicted octanol–water partition coefficient (Wildman–Crippen LogP) is 4.66. The molecule has 3 nitrogen and oxygen atoms in total. The molecular weight excluding hydrogens is 354 g/mol. The number of ether oxygens (including phenoxy) is 2. The first-order valence-corrected chi connectivity index (χ1v) is 7.86. The number of benzene rings is 2. The molecule has 1 heterocycles. The van der Waals surface area contributed by atoms with Gasteiger partial charge in [0.2, 0.25) is 0 Å². The fraction of sp³-hybridized carbons (Fsp3) is 0.250. The summed E-state index contributed by atoms with van der Waals surface area (Å²) in [5.41, 5.74) is 3.28. The Morgan fingerprint density at radius 3 is 2.95 bits per heavy atom. The summed E-state index contributed by atoms with van der Waals surface area (Å²) in [5, 5.41) is 4.14. The average molecular weight is 369 g/mol.